The third-order valence-electron chi connectivity index (χ3n) is 4.74. The van der Waals surface area contributed by atoms with Crippen molar-refractivity contribution in [2.45, 2.75) is 13.0 Å². The molecule has 0 saturated carbocycles. The SMILES string of the molecule is COCCOC(=O)C1=C(C)N=c2s/c(=C/c3ccc(Cl)cc3)c(=O)n2[C@@H]1c1cccs1. The molecular weight excluding hydrogens is 456 g/mol. The molecule has 1 aliphatic heterocycles. The number of rotatable bonds is 6. The lowest BCUT2D eigenvalue weighted by molar-refractivity contribution is -0.140. The first-order valence-electron chi connectivity index (χ1n) is 9.47. The van der Waals surface area contributed by atoms with Crippen LogP contribution in [-0.4, -0.2) is 30.9 Å². The predicted molar refractivity (Wildman–Crippen MR) is 122 cm³/mol. The second-order valence-electron chi connectivity index (χ2n) is 6.78. The van der Waals surface area contributed by atoms with Crippen molar-refractivity contribution in [1.82, 2.24) is 4.57 Å². The average molecular weight is 475 g/mol. The zero-order chi connectivity index (χ0) is 22.0. The molecule has 0 spiro atoms. The summed E-state index contributed by atoms with van der Waals surface area (Å²) in [7, 11) is 1.54. The molecule has 3 aromatic rings. The van der Waals surface area contributed by atoms with Crippen molar-refractivity contribution in [2.75, 3.05) is 20.3 Å². The van der Waals surface area contributed by atoms with Crippen LogP contribution < -0.4 is 14.9 Å². The van der Waals surface area contributed by atoms with Gasteiger partial charge in [-0.25, -0.2) is 9.79 Å². The number of allylic oxidation sites excluding steroid dienone is 1. The van der Waals surface area contributed by atoms with E-state index in [0.717, 1.165) is 10.4 Å². The minimum Gasteiger partial charge on any atom is -0.460 e. The molecule has 0 radical (unpaired) electrons. The molecule has 0 amide bonds. The summed E-state index contributed by atoms with van der Waals surface area (Å²) in [6.45, 7) is 2.19. The number of thiophene rings is 1. The summed E-state index contributed by atoms with van der Waals surface area (Å²) in [6.07, 6.45) is 1.81. The number of halogens is 1. The van der Waals surface area contributed by atoms with Gasteiger partial charge >= 0.3 is 5.97 Å². The maximum atomic E-state index is 13.4. The molecule has 160 valence electrons. The number of thiazole rings is 1. The number of carbonyl (C=O) groups excluding carboxylic acids is 1. The highest BCUT2D eigenvalue weighted by Gasteiger charge is 2.33. The summed E-state index contributed by atoms with van der Waals surface area (Å²) in [5.74, 6) is -0.497. The lowest BCUT2D eigenvalue weighted by atomic mass is 10.0. The highest BCUT2D eigenvalue weighted by atomic mass is 35.5. The number of nitrogens with zero attached hydrogens (tertiary/aromatic N) is 2. The van der Waals surface area contributed by atoms with Crippen LogP contribution in [0.2, 0.25) is 5.02 Å². The number of hydrogen-bond donors (Lipinski definition) is 0. The van der Waals surface area contributed by atoms with Crippen molar-refractivity contribution >= 4 is 46.3 Å². The maximum Gasteiger partial charge on any atom is 0.338 e. The molecular formula is C22H19ClN2O4S2. The third kappa shape index (κ3) is 4.43. The first-order chi connectivity index (χ1) is 15.0. The van der Waals surface area contributed by atoms with Gasteiger partial charge in [-0.15, -0.1) is 11.3 Å². The van der Waals surface area contributed by atoms with E-state index in [1.807, 2.05) is 35.7 Å². The molecule has 2 aromatic heterocycles. The summed E-state index contributed by atoms with van der Waals surface area (Å²) in [5.41, 5.74) is 1.56. The lowest BCUT2D eigenvalue weighted by Gasteiger charge is -2.23. The third-order valence-corrected chi connectivity index (χ3v) is 6.90. The van der Waals surface area contributed by atoms with Gasteiger partial charge in [0.25, 0.3) is 5.56 Å². The minimum absolute atomic E-state index is 0.129. The molecule has 4 rings (SSSR count). The monoisotopic (exact) mass is 474 g/mol. The summed E-state index contributed by atoms with van der Waals surface area (Å²) in [5, 5.41) is 2.55. The molecule has 1 atom stereocenters. The largest absolute Gasteiger partial charge is 0.460 e. The predicted octanol–water partition coefficient (Wildman–Crippen LogP) is 3.14. The molecule has 31 heavy (non-hydrogen) atoms. The van der Waals surface area contributed by atoms with Crippen LogP contribution in [0.1, 0.15) is 23.4 Å². The van der Waals surface area contributed by atoms with E-state index in [1.54, 1.807) is 30.7 Å². The Balaban J connectivity index is 1.84. The van der Waals surface area contributed by atoms with Crippen LogP contribution in [0.4, 0.5) is 0 Å². The van der Waals surface area contributed by atoms with E-state index < -0.39 is 12.0 Å². The fraction of sp³-hybridized carbons (Fsp3) is 0.227. The smallest absolute Gasteiger partial charge is 0.338 e. The number of esters is 1. The van der Waals surface area contributed by atoms with Crippen LogP contribution in [0.5, 0.6) is 0 Å². The Morgan fingerprint density at radius 3 is 2.71 bits per heavy atom. The highest BCUT2D eigenvalue weighted by Crippen LogP contribution is 2.33. The van der Waals surface area contributed by atoms with Gasteiger partial charge in [0.1, 0.15) is 12.6 Å². The first kappa shape index (κ1) is 21.7. The molecule has 3 heterocycles. The van der Waals surface area contributed by atoms with E-state index in [0.29, 0.717) is 32.2 Å². The number of aromatic nitrogens is 1. The molecule has 0 aliphatic carbocycles. The van der Waals surface area contributed by atoms with E-state index in [4.69, 9.17) is 21.1 Å². The Labute approximate surface area is 191 Å². The van der Waals surface area contributed by atoms with E-state index in [-0.39, 0.29) is 12.2 Å². The second kappa shape index (κ2) is 9.32. The van der Waals surface area contributed by atoms with Gasteiger partial charge in [0.05, 0.1) is 22.4 Å². The Kier molecular flexibility index (Phi) is 6.52. The average Bonchev–Trinajstić information content (AvgIpc) is 3.38. The van der Waals surface area contributed by atoms with Crippen LogP contribution >= 0.6 is 34.3 Å². The highest BCUT2D eigenvalue weighted by molar-refractivity contribution is 7.10. The Morgan fingerprint density at radius 2 is 2.03 bits per heavy atom. The zero-order valence-electron chi connectivity index (χ0n) is 16.8. The van der Waals surface area contributed by atoms with Gasteiger partial charge < -0.3 is 9.47 Å². The molecule has 0 fully saturated rings. The van der Waals surface area contributed by atoms with Gasteiger partial charge in [-0.2, -0.15) is 0 Å². The van der Waals surface area contributed by atoms with Gasteiger partial charge in [0.2, 0.25) is 0 Å². The first-order valence-corrected chi connectivity index (χ1v) is 11.5. The Hall–Kier alpha value is -2.52. The number of ether oxygens (including phenoxy) is 2. The van der Waals surface area contributed by atoms with Crippen molar-refractivity contribution in [3.8, 4) is 0 Å². The van der Waals surface area contributed by atoms with Crippen molar-refractivity contribution in [1.29, 1.82) is 0 Å². The van der Waals surface area contributed by atoms with Crippen LogP contribution in [0.25, 0.3) is 6.08 Å². The number of benzene rings is 1. The molecule has 0 saturated heterocycles. The minimum atomic E-state index is -0.585. The summed E-state index contributed by atoms with van der Waals surface area (Å²) >= 11 is 8.74. The number of carbonyl (C=O) groups is 1. The number of hydrogen-bond acceptors (Lipinski definition) is 7. The standard InChI is InChI=1S/C22H19ClN2O4S2/c1-13-18(21(27)29-10-9-28-2)19(16-4-3-11-30-16)25-20(26)17(31-22(25)24-13)12-14-5-7-15(23)8-6-14/h3-8,11-12,19H,9-10H2,1-2H3/b17-12+/t19-/m1/s1. The van der Waals surface area contributed by atoms with Crippen LogP contribution in [0.3, 0.4) is 0 Å². The fourth-order valence-electron chi connectivity index (χ4n) is 3.30. The molecule has 0 N–H and O–H groups in total. The van der Waals surface area contributed by atoms with Crippen molar-refractivity contribution < 1.29 is 14.3 Å². The van der Waals surface area contributed by atoms with Crippen molar-refractivity contribution in [2.24, 2.45) is 4.99 Å². The fourth-order valence-corrected chi connectivity index (χ4v) is 5.30. The molecule has 1 aliphatic rings. The van der Waals surface area contributed by atoms with E-state index >= 15 is 0 Å². The van der Waals surface area contributed by atoms with Crippen LogP contribution in [0, 0.1) is 0 Å². The zero-order valence-corrected chi connectivity index (χ0v) is 19.2. The molecule has 6 nitrogen and oxygen atoms in total. The van der Waals surface area contributed by atoms with Gasteiger partial charge in [-0.05, 0) is 42.1 Å². The van der Waals surface area contributed by atoms with E-state index in [1.165, 1.54) is 22.7 Å². The summed E-state index contributed by atoms with van der Waals surface area (Å²) in [4.78, 5) is 32.3. The lowest BCUT2D eigenvalue weighted by Crippen LogP contribution is -2.39. The number of fused-ring (bicyclic) bond motifs is 1. The molecule has 0 bridgehead atoms. The number of methoxy groups -OCH3 is 1. The van der Waals surface area contributed by atoms with Crippen molar-refractivity contribution in [3.63, 3.8) is 0 Å². The van der Waals surface area contributed by atoms with Crippen LogP contribution in [-0.2, 0) is 14.3 Å². The summed E-state index contributed by atoms with van der Waals surface area (Å²) < 4.78 is 12.5. The van der Waals surface area contributed by atoms with Gasteiger partial charge in [-0.1, -0.05) is 41.1 Å². The molecule has 0 unspecified atom stereocenters. The quantitative estimate of drug-likeness (QED) is 0.406. The second-order valence-corrected chi connectivity index (χ2v) is 9.20. The summed E-state index contributed by atoms with van der Waals surface area (Å²) in [6, 6.07) is 10.5. The Bertz CT molecular complexity index is 1300. The topological polar surface area (TPSA) is 69.9 Å². The van der Waals surface area contributed by atoms with Crippen LogP contribution in [0.15, 0.2) is 62.8 Å². The van der Waals surface area contributed by atoms with Gasteiger partial charge in [0, 0.05) is 17.0 Å². The maximum absolute atomic E-state index is 13.4. The normalized spacial score (nSPS) is 16.2. The van der Waals surface area contributed by atoms with E-state index in [2.05, 4.69) is 4.99 Å². The van der Waals surface area contributed by atoms with Gasteiger partial charge in [-0.3, -0.25) is 9.36 Å². The van der Waals surface area contributed by atoms with Gasteiger partial charge in [0.15, 0.2) is 4.80 Å². The Morgan fingerprint density at radius 1 is 1.26 bits per heavy atom. The molecule has 9 heteroatoms. The molecule has 1 aromatic carbocycles. The van der Waals surface area contributed by atoms with Crippen molar-refractivity contribution in [3.05, 3.63) is 88.2 Å². The van der Waals surface area contributed by atoms with E-state index in [9.17, 15) is 9.59 Å².